The summed E-state index contributed by atoms with van der Waals surface area (Å²) in [4.78, 5) is 12.7. The van der Waals surface area contributed by atoms with Gasteiger partial charge >= 0.3 is 5.97 Å². The van der Waals surface area contributed by atoms with Crippen molar-refractivity contribution in [3.63, 3.8) is 0 Å². The Bertz CT molecular complexity index is 716. The predicted molar refractivity (Wildman–Crippen MR) is 103 cm³/mol. The molecular weight excluding hydrogens is 338 g/mol. The van der Waals surface area contributed by atoms with E-state index in [0.29, 0.717) is 18.4 Å². The van der Waals surface area contributed by atoms with E-state index in [1.807, 2.05) is 6.07 Å². The van der Waals surface area contributed by atoms with Gasteiger partial charge in [-0.2, -0.15) is 0 Å². The lowest BCUT2D eigenvalue weighted by molar-refractivity contribution is -0.147. The highest BCUT2D eigenvalue weighted by Gasteiger charge is 2.64. The van der Waals surface area contributed by atoms with Crippen LogP contribution in [0.3, 0.4) is 0 Å². The highest BCUT2D eigenvalue weighted by molar-refractivity contribution is 5.75. The number of hydrogen-bond donors (Lipinski definition) is 1. The highest BCUT2D eigenvalue weighted by Crippen LogP contribution is 2.62. The molecule has 0 amide bonds. The number of fused-ring (bicyclic) bond motifs is 3. The van der Waals surface area contributed by atoms with Gasteiger partial charge in [-0.3, -0.25) is 4.79 Å². The van der Waals surface area contributed by atoms with Crippen LogP contribution in [0.4, 0.5) is 0 Å². The Morgan fingerprint density at radius 2 is 2.04 bits per heavy atom. The first-order chi connectivity index (χ1) is 13.0. The third-order valence-electron chi connectivity index (χ3n) is 8.02. The van der Waals surface area contributed by atoms with E-state index in [2.05, 4.69) is 43.4 Å². The van der Waals surface area contributed by atoms with Gasteiger partial charge in [0.2, 0.25) is 0 Å². The molecule has 146 valence electrons. The van der Waals surface area contributed by atoms with E-state index in [4.69, 9.17) is 9.47 Å². The van der Waals surface area contributed by atoms with Gasteiger partial charge in [0.15, 0.2) is 0 Å². The van der Waals surface area contributed by atoms with Crippen molar-refractivity contribution in [1.82, 2.24) is 5.32 Å². The fourth-order valence-corrected chi connectivity index (χ4v) is 6.35. The lowest BCUT2D eigenvalue weighted by Crippen LogP contribution is -2.51. The van der Waals surface area contributed by atoms with Crippen molar-refractivity contribution < 1.29 is 14.3 Å². The lowest BCUT2D eigenvalue weighted by Gasteiger charge is -2.51. The molecule has 5 rings (SSSR count). The molecule has 0 bridgehead atoms. The van der Waals surface area contributed by atoms with Gasteiger partial charge < -0.3 is 14.8 Å². The largest absolute Gasteiger partial charge is 0.462 e. The number of esters is 1. The molecule has 1 aromatic carbocycles. The third-order valence-corrected chi connectivity index (χ3v) is 8.02. The molecule has 2 heterocycles. The van der Waals surface area contributed by atoms with E-state index in [1.54, 1.807) is 0 Å². The van der Waals surface area contributed by atoms with Gasteiger partial charge in [0.05, 0.1) is 18.1 Å². The van der Waals surface area contributed by atoms with Gasteiger partial charge in [-0.25, -0.2) is 0 Å². The average molecular weight is 370 g/mol. The first-order valence-electron chi connectivity index (χ1n) is 10.6. The zero-order chi connectivity index (χ0) is 18.6. The Labute approximate surface area is 162 Å². The van der Waals surface area contributed by atoms with Crippen LogP contribution in [-0.4, -0.2) is 30.8 Å². The summed E-state index contributed by atoms with van der Waals surface area (Å²) >= 11 is 0. The van der Waals surface area contributed by atoms with Crippen molar-refractivity contribution in [3.8, 4) is 0 Å². The summed E-state index contributed by atoms with van der Waals surface area (Å²) in [5.74, 6) is 0.906. The van der Waals surface area contributed by atoms with Crippen LogP contribution in [0, 0.1) is 23.2 Å². The molecule has 1 N–H and O–H groups in total. The van der Waals surface area contributed by atoms with E-state index in [1.165, 1.54) is 24.8 Å². The maximum Gasteiger partial charge on any atom is 0.310 e. The molecule has 7 atom stereocenters. The minimum Gasteiger partial charge on any atom is -0.462 e. The fraction of sp³-hybridized carbons (Fsp3) is 0.696. The molecule has 0 aromatic heterocycles. The smallest absolute Gasteiger partial charge is 0.310 e. The number of carbonyl (C=O) groups excluding carboxylic acids is 1. The predicted octanol–water partition coefficient (Wildman–Crippen LogP) is 3.86. The summed E-state index contributed by atoms with van der Waals surface area (Å²) in [6.07, 6.45) is 5.90. The molecule has 2 aliphatic carbocycles. The van der Waals surface area contributed by atoms with Crippen molar-refractivity contribution in [3.05, 3.63) is 35.9 Å². The fourth-order valence-electron chi connectivity index (χ4n) is 6.35. The van der Waals surface area contributed by atoms with Gasteiger partial charge in [-0.05, 0) is 55.9 Å². The van der Waals surface area contributed by atoms with Gasteiger partial charge in [0, 0.05) is 18.5 Å². The van der Waals surface area contributed by atoms with Crippen LogP contribution >= 0.6 is 0 Å². The molecule has 1 spiro atoms. The number of epoxide rings is 1. The number of rotatable bonds is 4. The van der Waals surface area contributed by atoms with Gasteiger partial charge in [-0.1, -0.05) is 37.3 Å². The van der Waals surface area contributed by atoms with Crippen LogP contribution < -0.4 is 5.32 Å². The monoisotopic (exact) mass is 369 g/mol. The summed E-state index contributed by atoms with van der Waals surface area (Å²) < 4.78 is 11.9. The zero-order valence-electron chi connectivity index (χ0n) is 16.4. The van der Waals surface area contributed by atoms with E-state index < -0.39 is 0 Å². The Balaban J connectivity index is 1.30. The van der Waals surface area contributed by atoms with Crippen molar-refractivity contribution in [2.45, 2.75) is 63.7 Å². The van der Waals surface area contributed by atoms with Crippen LogP contribution in [0.5, 0.6) is 0 Å². The van der Waals surface area contributed by atoms with Crippen LogP contribution in [-0.2, 0) is 14.3 Å². The molecule has 4 aliphatic rings. The molecule has 4 heteroatoms. The Morgan fingerprint density at radius 1 is 1.26 bits per heavy atom. The summed E-state index contributed by atoms with van der Waals surface area (Å²) in [7, 11) is 0. The highest BCUT2D eigenvalue weighted by atomic mass is 16.6. The lowest BCUT2D eigenvalue weighted by atomic mass is 9.53. The van der Waals surface area contributed by atoms with Crippen LogP contribution in [0.2, 0.25) is 0 Å². The van der Waals surface area contributed by atoms with Gasteiger partial charge in [0.25, 0.3) is 0 Å². The minimum atomic E-state index is -0.0246. The van der Waals surface area contributed by atoms with E-state index in [-0.39, 0.29) is 35.0 Å². The number of hydrogen-bond acceptors (Lipinski definition) is 4. The van der Waals surface area contributed by atoms with E-state index in [9.17, 15) is 4.79 Å². The molecule has 27 heavy (non-hydrogen) atoms. The summed E-state index contributed by atoms with van der Waals surface area (Å²) in [6, 6.07) is 10.7. The Kier molecular flexibility index (Phi) is 4.14. The normalized spacial score (nSPS) is 43.7. The van der Waals surface area contributed by atoms with Crippen molar-refractivity contribution >= 4 is 5.97 Å². The quantitative estimate of drug-likeness (QED) is 0.647. The van der Waals surface area contributed by atoms with Gasteiger partial charge in [0.1, 0.15) is 6.10 Å². The average Bonchev–Trinajstić information content (AvgIpc) is 3.36. The zero-order valence-corrected chi connectivity index (χ0v) is 16.4. The molecular formula is C23H31NO3. The number of benzene rings is 1. The second-order valence-electron chi connectivity index (χ2n) is 9.64. The van der Waals surface area contributed by atoms with Crippen LogP contribution in [0.15, 0.2) is 30.3 Å². The van der Waals surface area contributed by atoms with Crippen molar-refractivity contribution in [2.24, 2.45) is 23.2 Å². The van der Waals surface area contributed by atoms with Crippen molar-refractivity contribution in [2.75, 3.05) is 13.2 Å². The first-order valence-corrected chi connectivity index (χ1v) is 10.6. The molecule has 0 unspecified atom stereocenters. The maximum atomic E-state index is 12.7. The Hall–Kier alpha value is -1.39. The van der Waals surface area contributed by atoms with Crippen LogP contribution in [0.25, 0.3) is 0 Å². The molecule has 2 aliphatic heterocycles. The first kappa shape index (κ1) is 17.7. The maximum absolute atomic E-state index is 12.7. The number of ether oxygens (including phenoxy) is 2. The summed E-state index contributed by atoms with van der Waals surface area (Å²) in [5, 5.41) is 3.59. The minimum absolute atomic E-state index is 0.00535. The van der Waals surface area contributed by atoms with Gasteiger partial charge in [-0.15, -0.1) is 0 Å². The van der Waals surface area contributed by atoms with Crippen molar-refractivity contribution in [1.29, 1.82) is 0 Å². The van der Waals surface area contributed by atoms with E-state index >= 15 is 0 Å². The molecule has 2 saturated carbocycles. The molecule has 1 aromatic rings. The Morgan fingerprint density at radius 3 is 2.78 bits per heavy atom. The topological polar surface area (TPSA) is 50.9 Å². The third kappa shape index (κ3) is 2.92. The molecule has 4 fully saturated rings. The second kappa shape index (κ2) is 6.31. The summed E-state index contributed by atoms with van der Waals surface area (Å²) in [5.41, 5.74) is 1.66. The molecule has 4 nitrogen and oxygen atoms in total. The second-order valence-corrected chi connectivity index (χ2v) is 9.64. The van der Waals surface area contributed by atoms with Crippen LogP contribution in [0.1, 0.15) is 57.6 Å². The molecule has 0 radical (unpaired) electrons. The summed E-state index contributed by atoms with van der Waals surface area (Å²) in [6.45, 7) is 6.20. The SMILES string of the molecule is C[C@H](NC[C@@H]1C(=O)O[C@@H]2C[C@@]3(C)CCC[C@]4(CO4)[C@@H]3C[C@H]12)c1ccccc1. The number of nitrogens with one attached hydrogen (secondary N) is 1. The molecule has 2 saturated heterocycles. The van der Waals surface area contributed by atoms with E-state index in [0.717, 1.165) is 19.4 Å². The standard InChI is InChI=1S/C23H31NO3/c1-15(16-7-4-3-5-8-16)24-13-18-17-11-20-22(2,12-19(17)27-21(18)25)9-6-10-23(20)14-26-23/h3-5,7-8,15,17-20,24H,6,9-14H2,1-2H3/t15-,17+,18-,19+,20+,22+,23-/m0/s1. The number of carbonyl (C=O) groups is 1.